The molecule has 0 aromatic heterocycles. The smallest absolute Gasteiger partial charge is 0.0444 e. The molecule has 0 fully saturated rings. The van der Waals surface area contributed by atoms with Gasteiger partial charge < -0.3 is 5.32 Å². The molecule has 0 unspecified atom stereocenters. The average Bonchev–Trinajstić information content (AvgIpc) is 2.29. The second-order valence-corrected chi connectivity index (χ2v) is 4.66. The van der Waals surface area contributed by atoms with Gasteiger partial charge in [-0.05, 0) is 48.4 Å². The second-order valence-electron chi connectivity index (χ2n) is 4.25. The molecule has 1 aliphatic carbocycles. The molecule has 0 radical (unpaired) electrons. The Hall–Kier alpha value is -0.950. The maximum Gasteiger partial charge on any atom is 0.0444 e. The largest absolute Gasteiger partial charge is 0.388 e. The van der Waals surface area contributed by atoms with E-state index < -0.39 is 0 Å². The van der Waals surface area contributed by atoms with Gasteiger partial charge in [-0.15, -0.1) is 0 Å². The molecule has 1 aromatic carbocycles. The van der Waals surface area contributed by atoms with Crippen LogP contribution in [0.1, 0.15) is 30.4 Å². The van der Waals surface area contributed by atoms with Crippen LogP contribution in [0.3, 0.4) is 0 Å². The van der Waals surface area contributed by atoms with Gasteiger partial charge in [-0.3, -0.25) is 0 Å². The van der Waals surface area contributed by atoms with Gasteiger partial charge in [0.25, 0.3) is 0 Å². The molecule has 15 heavy (non-hydrogen) atoms. The Kier molecular flexibility index (Phi) is 2.21. The fraction of sp³-hybridized carbons (Fsp3) is 0.385. The van der Waals surface area contributed by atoms with E-state index in [9.17, 15) is 0 Å². The van der Waals surface area contributed by atoms with Gasteiger partial charge in [0, 0.05) is 17.3 Å². The summed E-state index contributed by atoms with van der Waals surface area (Å²) in [4.78, 5) is 0. The van der Waals surface area contributed by atoms with Crippen molar-refractivity contribution in [2.45, 2.75) is 25.7 Å². The molecule has 1 heterocycles. The van der Waals surface area contributed by atoms with Crippen molar-refractivity contribution < 1.29 is 0 Å². The number of hydrogen-bond acceptors (Lipinski definition) is 1. The Morgan fingerprint density at radius 1 is 1.13 bits per heavy atom. The number of nitrogens with one attached hydrogen (secondary N) is 1. The first-order chi connectivity index (χ1) is 7.36. The predicted molar refractivity (Wildman–Crippen MR) is 63.9 cm³/mol. The van der Waals surface area contributed by atoms with Crippen molar-refractivity contribution in [3.05, 3.63) is 40.0 Å². The lowest BCUT2D eigenvalue weighted by atomic mass is 9.85. The van der Waals surface area contributed by atoms with Gasteiger partial charge in [-0.2, -0.15) is 0 Å². The normalized spacial score (nSPS) is 19.3. The summed E-state index contributed by atoms with van der Waals surface area (Å²) < 4.78 is 0. The number of fused-ring (bicyclic) bond motifs is 2. The lowest BCUT2D eigenvalue weighted by Gasteiger charge is -2.28. The molecule has 2 heteroatoms. The monoisotopic (exact) mass is 219 g/mol. The molecule has 1 aliphatic heterocycles. The maximum absolute atomic E-state index is 6.23. The summed E-state index contributed by atoms with van der Waals surface area (Å²) in [6.07, 6.45) is 4.66. The van der Waals surface area contributed by atoms with E-state index in [2.05, 4.69) is 17.4 Å². The Labute approximate surface area is 95.1 Å². The number of allylic oxidation sites excluding steroid dienone is 2. The van der Waals surface area contributed by atoms with Crippen LogP contribution in [-0.4, -0.2) is 6.54 Å². The number of hydrogen-bond donors (Lipinski definition) is 1. The summed E-state index contributed by atoms with van der Waals surface area (Å²) in [6, 6.07) is 6.27. The lowest BCUT2D eigenvalue weighted by Crippen LogP contribution is -2.24. The van der Waals surface area contributed by atoms with E-state index in [4.69, 9.17) is 11.6 Å². The van der Waals surface area contributed by atoms with Crippen LogP contribution >= 0.6 is 11.6 Å². The van der Waals surface area contributed by atoms with Crippen molar-refractivity contribution in [2.24, 2.45) is 0 Å². The second kappa shape index (κ2) is 3.57. The van der Waals surface area contributed by atoms with Crippen molar-refractivity contribution in [3.8, 4) is 0 Å². The van der Waals surface area contributed by atoms with E-state index in [1.54, 1.807) is 0 Å². The quantitative estimate of drug-likeness (QED) is 0.706. The molecule has 0 saturated carbocycles. The predicted octanol–water partition coefficient (Wildman–Crippen LogP) is 3.38. The number of benzene rings is 1. The molecule has 78 valence electrons. The molecule has 0 spiro atoms. The first-order valence-corrected chi connectivity index (χ1v) is 5.98. The summed E-state index contributed by atoms with van der Waals surface area (Å²) in [7, 11) is 0. The highest BCUT2D eigenvalue weighted by atomic mass is 35.5. The number of rotatable bonds is 0. The van der Waals surface area contributed by atoms with Crippen molar-refractivity contribution in [3.63, 3.8) is 0 Å². The molecule has 0 atom stereocenters. The zero-order valence-electron chi connectivity index (χ0n) is 8.65. The summed E-state index contributed by atoms with van der Waals surface area (Å²) in [5, 5.41) is 4.45. The Morgan fingerprint density at radius 3 is 3.00 bits per heavy atom. The van der Waals surface area contributed by atoms with E-state index in [0.717, 1.165) is 24.4 Å². The maximum atomic E-state index is 6.23. The van der Waals surface area contributed by atoms with Gasteiger partial charge in [0.05, 0.1) is 0 Å². The molecule has 1 nitrogen and oxygen atoms in total. The molecule has 1 aromatic rings. The van der Waals surface area contributed by atoms with Gasteiger partial charge in [-0.1, -0.05) is 23.7 Å². The minimum atomic E-state index is 0.935. The summed E-state index contributed by atoms with van der Waals surface area (Å²) in [5.41, 5.74) is 5.69. The third-order valence-electron chi connectivity index (χ3n) is 3.38. The molecule has 0 bridgehead atoms. The molecule has 3 rings (SSSR count). The first kappa shape index (κ1) is 9.29. The Morgan fingerprint density at radius 2 is 2.07 bits per heavy atom. The molecule has 1 N–H and O–H groups in total. The summed E-state index contributed by atoms with van der Waals surface area (Å²) >= 11 is 6.23. The van der Waals surface area contributed by atoms with Crippen LogP contribution in [0.25, 0.3) is 5.57 Å². The molecule has 0 amide bonds. The van der Waals surface area contributed by atoms with Crippen LogP contribution in [0.15, 0.2) is 23.9 Å². The third kappa shape index (κ3) is 1.46. The number of halogens is 1. The van der Waals surface area contributed by atoms with Gasteiger partial charge in [-0.25, -0.2) is 0 Å². The first-order valence-electron chi connectivity index (χ1n) is 5.60. The van der Waals surface area contributed by atoms with E-state index in [0.29, 0.717) is 0 Å². The molecular formula is C13H14ClN. The van der Waals surface area contributed by atoms with Gasteiger partial charge in [0.2, 0.25) is 0 Å². The summed E-state index contributed by atoms with van der Waals surface area (Å²) in [5.74, 6) is 0. The minimum absolute atomic E-state index is 0.935. The average molecular weight is 220 g/mol. The lowest BCUT2D eigenvalue weighted by molar-refractivity contribution is 0.657. The zero-order valence-corrected chi connectivity index (χ0v) is 9.40. The zero-order chi connectivity index (χ0) is 10.3. The van der Waals surface area contributed by atoms with Gasteiger partial charge in [0.15, 0.2) is 0 Å². The Bertz CT molecular complexity index is 434. The van der Waals surface area contributed by atoms with Crippen LogP contribution in [0.4, 0.5) is 0 Å². The van der Waals surface area contributed by atoms with Gasteiger partial charge in [0.1, 0.15) is 0 Å². The highest BCUT2D eigenvalue weighted by Crippen LogP contribution is 2.37. The molecular weight excluding hydrogens is 206 g/mol. The highest BCUT2D eigenvalue weighted by Gasteiger charge is 2.22. The SMILES string of the molecule is Clc1cccc2c1CCC1=C2CCCN1. The van der Waals surface area contributed by atoms with Crippen molar-refractivity contribution in [1.82, 2.24) is 5.32 Å². The highest BCUT2D eigenvalue weighted by molar-refractivity contribution is 6.31. The minimum Gasteiger partial charge on any atom is -0.388 e. The van der Waals surface area contributed by atoms with Crippen molar-refractivity contribution in [2.75, 3.05) is 6.54 Å². The Balaban J connectivity index is 2.16. The van der Waals surface area contributed by atoms with Crippen molar-refractivity contribution >= 4 is 17.2 Å². The summed E-state index contributed by atoms with van der Waals surface area (Å²) in [6.45, 7) is 1.13. The fourth-order valence-corrected chi connectivity index (χ4v) is 2.91. The topological polar surface area (TPSA) is 12.0 Å². The fourth-order valence-electron chi connectivity index (χ4n) is 2.64. The van der Waals surface area contributed by atoms with E-state index in [1.165, 1.54) is 35.2 Å². The van der Waals surface area contributed by atoms with Crippen LogP contribution in [0.2, 0.25) is 5.02 Å². The van der Waals surface area contributed by atoms with Crippen LogP contribution in [-0.2, 0) is 6.42 Å². The van der Waals surface area contributed by atoms with E-state index >= 15 is 0 Å². The third-order valence-corrected chi connectivity index (χ3v) is 3.73. The standard InChI is InChI=1S/C13H14ClN/c14-12-5-1-3-9-10(12)6-7-13-11(9)4-2-8-15-13/h1,3,5,15H,2,4,6-8H2. The molecule has 0 saturated heterocycles. The van der Waals surface area contributed by atoms with Crippen LogP contribution < -0.4 is 5.32 Å². The van der Waals surface area contributed by atoms with Crippen molar-refractivity contribution in [1.29, 1.82) is 0 Å². The van der Waals surface area contributed by atoms with E-state index in [-0.39, 0.29) is 0 Å². The van der Waals surface area contributed by atoms with E-state index in [1.807, 2.05) is 6.07 Å². The van der Waals surface area contributed by atoms with Crippen LogP contribution in [0.5, 0.6) is 0 Å². The van der Waals surface area contributed by atoms with Crippen LogP contribution in [0, 0.1) is 0 Å². The molecule has 2 aliphatic rings. The van der Waals surface area contributed by atoms with Gasteiger partial charge >= 0.3 is 0 Å².